The molecule has 1 fully saturated rings. The lowest BCUT2D eigenvalue weighted by atomic mass is 9.77. The van der Waals surface area contributed by atoms with Crippen LogP contribution in [0.3, 0.4) is 0 Å². The molecule has 33 heavy (non-hydrogen) atoms. The maximum absolute atomic E-state index is 3.38. The van der Waals surface area contributed by atoms with Crippen molar-refractivity contribution in [3.05, 3.63) is 82.9 Å². The summed E-state index contributed by atoms with van der Waals surface area (Å²) in [6.45, 7) is 4.58. The maximum Gasteiger partial charge on any atom is 0.0255 e. The van der Waals surface area contributed by atoms with Gasteiger partial charge in [-0.1, -0.05) is 94.2 Å². The van der Waals surface area contributed by atoms with Crippen LogP contribution in [-0.4, -0.2) is 0 Å². The normalized spacial score (nSPS) is 18.1. The van der Waals surface area contributed by atoms with E-state index in [0.717, 1.165) is 23.0 Å². The average molecular weight is 437 g/mol. The molecule has 3 aromatic rings. The summed E-state index contributed by atoms with van der Waals surface area (Å²) in [5, 5.41) is 2.61. The molecule has 0 atom stereocenters. The fourth-order valence-electron chi connectivity index (χ4n) is 5.46. The highest BCUT2D eigenvalue weighted by Gasteiger charge is 2.21. The van der Waals surface area contributed by atoms with Gasteiger partial charge in [0.2, 0.25) is 0 Å². The fourth-order valence-corrected chi connectivity index (χ4v) is 5.46. The van der Waals surface area contributed by atoms with Gasteiger partial charge in [0, 0.05) is 11.1 Å². The molecule has 172 valence electrons. The van der Waals surface area contributed by atoms with E-state index in [9.17, 15) is 0 Å². The molecule has 0 radical (unpaired) electrons. The van der Waals surface area contributed by atoms with Crippen LogP contribution in [0.1, 0.15) is 106 Å². The van der Waals surface area contributed by atoms with E-state index < -0.39 is 0 Å². The molecular formula is C33H40. The van der Waals surface area contributed by atoms with E-state index >= 15 is 0 Å². The summed E-state index contributed by atoms with van der Waals surface area (Å²) in [4.78, 5) is 0. The molecule has 0 heteroatoms. The summed E-state index contributed by atoms with van der Waals surface area (Å²) in [6, 6.07) is 22.6. The molecule has 0 unspecified atom stereocenters. The molecular weight excluding hydrogens is 396 g/mol. The second kappa shape index (κ2) is 12.1. The Balaban J connectivity index is 1.36. The van der Waals surface area contributed by atoms with Crippen molar-refractivity contribution in [2.75, 3.05) is 0 Å². The molecule has 0 aromatic heterocycles. The summed E-state index contributed by atoms with van der Waals surface area (Å²) in [6.07, 6.45) is 14.7. The van der Waals surface area contributed by atoms with Crippen molar-refractivity contribution in [2.24, 2.45) is 5.92 Å². The highest BCUT2D eigenvalue weighted by molar-refractivity contribution is 5.84. The average Bonchev–Trinajstić information content (AvgIpc) is 2.86. The van der Waals surface area contributed by atoms with Crippen molar-refractivity contribution >= 4 is 10.8 Å². The standard InChI is InChI=1S/C33H40/c1-3-5-6-7-9-28-16-22-33-25-29(17-23-32(33)24-28)11-10-27-14-20-31(21-15-27)30-18-12-26(8-4-2)13-19-30/h14-17,20-26,30H,3-9,12-13,18-19H2,1-2H3/t26-,30-. The molecule has 3 aromatic carbocycles. The quantitative estimate of drug-likeness (QED) is 0.244. The summed E-state index contributed by atoms with van der Waals surface area (Å²) in [7, 11) is 0. The van der Waals surface area contributed by atoms with Crippen LogP contribution in [0.15, 0.2) is 60.7 Å². The van der Waals surface area contributed by atoms with Crippen LogP contribution in [0.2, 0.25) is 0 Å². The molecule has 4 rings (SSSR count). The van der Waals surface area contributed by atoms with Gasteiger partial charge in [-0.15, -0.1) is 0 Å². The second-order valence-corrected chi connectivity index (χ2v) is 10.1. The molecule has 1 aliphatic carbocycles. The van der Waals surface area contributed by atoms with Gasteiger partial charge in [-0.2, -0.15) is 0 Å². The smallest absolute Gasteiger partial charge is 0.0255 e. The lowest BCUT2D eigenvalue weighted by Gasteiger charge is -2.28. The lowest BCUT2D eigenvalue weighted by molar-refractivity contribution is 0.308. The van der Waals surface area contributed by atoms with E-state index in [0.29, 0.717) is 0 Å². The van der Waals surface area contributed by atoms with Gasteiger partial charge < -0.3 is 0 Å². The predicted octanol–water partition coefficient (Wildman–Crippen LogP) is 9.44. The van der Waals surface area contributed by atoms with Crippen LogP contribution in [-0.2, 0) is 6.42 Å². The molecule has 0 N–H and O–H groups in total. The molecule has 0 bridgehead atoms. The van der Waals surface area contributed by atoms with Crippen molar-refractivity contribution in [3.8, 4) is 11.8 Å². The number of fused-ring (bicyclic) bond motifs is 1. The Bertz CT molecular complexity index is 1070. The topological polar surface area (TPSA) is 0 Å². The number of benzene rings is 3. The number of hydrogen-bond donors (Lipinski definition) is 0. The maximum atomic E-state index is 3.38. The van der Waals surface area contributed by atoms with Crippen molar-refractivity contribution in [1.29, 1.82) is 0 Å². The molecule has 0 heterocycles. The van der Waals surface area contributed by atoms with Crippen LogP contribution in [0.25, 0.3) is 10.8 Å². The van der Waals surface area contributed by atoms with Gasteiger partial charge in [-0.25, -0.2) is 0 Å². The van der Waals surface area contributed by atoms with E-state index in [2.05, 4.69) is 86.4 Å². The first-order chi connectivity index (χ1) is 16.2. The first kappa shape index (κ1) is 23.6. The molecule has 1 saturated carbocycles. The summed E-state index contributed by atoms with van der Waals surface area (Å²) in [5.74, 6) is 8.48. The Morgan fingerprint density at radius 1 is 0.667 bits per heavy atom. The molecule has 1 aliphatic rings. The Labute approximate surface area is 201 Å². The van der Waals surface area contributed by atoms with Gasteiger partial charge in [0.25, 0.3) is 0 Å². The Hall–Kier alpha value is -2.52. The lowest BCUT2D eigenvalue weighted by Crippen LogP contribution is -2.13. The van der Waals surface area contributed by atoms with Gasteiger partial charge in [0.05, 0.1) is 0 Å². The Kier molecular flexibility index (Phi) is 8.65. The second-order valence-electron chi connectivity index (χ2n) is 10.1. The Morgan fingerprint density at radius 3 is 2.12 bits per heavy atom. The van der Waals surface area contributed by atoms with Crippen LogP contribution in [0.5, 0.6) is 0 Å². The first-order valence-corrected chi connectivity index (χ1v) is 13.4. The SMILES string of the molecule is CCCCCCc1ccc2cc(C#Cc3ccc([C@H]4CC[C@H](CCC)CC4)cc3)ccc2c1. The van der Waals surface area contributed by atoms with E-state index in [1.165, 1.54) is 92.5 Å². The van der Waals surface area contributed by atoms with Crippen LogP contribution in [0.4, 0.5) is 0 Å². The molecule has 0 saturated heterocycles. The third-order valence-corrected chi connectivity index (χ3v) is 7.50. The summed E-state index contributed by atoms with van der Waals surface area (Å²) in [5.41, 5.74) is 5.17. The zero-order valence-electron chi connectivity index (χ0n) is 20.7. The van der Waals surface area contributed by atoms with Gasteiger partial charge in [-0.3, -0.25) is 0 Å². The monoisotopic (exact) mass is 436 g/mol. The van der Waals surface area contributed by atoms with Crippen molar-refractivity contribution in [1.82, 2.24) is 0 Å². The predicted molar refractivity (Wildman–Crippen MR) is 144 cm³/mol. The highest BCUT2D eigenvalue weighted by atomic mass is 14.3. The minimum atomic E-state index is 0.747. The van der Waals surface area contributed by atoms with Crippen molar-refractivity contribution < 1.29 is 0 Å². The van der Waals surface area contributed by atoms with E-state index in [4.69, 9.17) is 0 Å². The highest BCUT2D eigenvalue weighted by Crippen LogP contribution is 2.37. The summed E-state index contributed by atoms with van der Waals surface area (Å²) >= 11 is 0. The molecule has 0 spiro atoms. The fraction of sp³-hybridized carbons (Fsp3) is 0.455. The number of aryl methyl sites for hydroxylation is 1. The van der Waals surface area contributed by atoms with Gasteiger partial charge in [0.15, 0.2) is 0 Å². The third kappa shape index (κ3) is 6.74. The zero-order chi connectivity index (χ0) is 22.9. The summed E-state index contributed by atoms with van der Waals surface area (Å²) < 4.78 is 0. The number of hydrogen-bond acceptors (Lipinski definition) is 0. The minimum Gasteiger partial charge on any atom is -0.0654 e. The van der Waals surface area contributed by atoms with E-state index in [-0.39, 0.29) is 0 Å². The number of rotatable bonds is 8. The number of unbranched alkanes of at least 4 members (excludes halogenated alkanes) is 3. The Morgan fingerprint density at radius 2 is 1.36 bits per heavy atom. The van der Waals surface area contributed by atoms with E-state index in [1.807, 2.05) is 0 Å². The molecule has 0 nitrogen and oxygen atoms in total. The van der Waals surface area contributed by atoms with Crippen LogP contribution >= 0.6 is 0 Å². The zero-order valence-corrected chi connectivity index (χ0v) is 20.7. The van der Waals surface area contributed by atoms with Gasteiger partial charge in [-0.05, 0) is 96.5 Å². The minimum absolute atomic E-state index is 0.747. The van der Waals surface area contributed by atoms with Crippen molar-refractivity contribution in [2.45, 2.75) is 90.4 Å². The molecule has 0 aliphatic heterocycles. The van der Waals surface area contributed by atoms with Crippen LogP contribution in [0, 0.1) is 17.8 Å². The van der Waals surface area contributed by atoms with Crippen LogP contribution < -0.4 is 0 Å². The third-order valence-electron chi connectivity index (χ3n) is 7.50. The van der Waals surface area contributed by atoms with Gasteiger partial charge >= 0.3 is 0 Å². The van der Waals surface area contributed by atoms with Crippen molar-refractivity contribution in [3.63, 3.8) is 0 Å². The van der Waals surface area contributed by atoms with Gasteiger partial charge in [0.1, 0.15) is 0 Å². The largest absolute Gasteiger partial charge is 0.0654 e. The first-order valence-electron chi connectivity index (χ1n) is 13.4. The van der Waals surface area contributed by atoms with E-state index in [1.54, 1.807) is 0 Å². The molecule has 0 amide bonds.